The Kier molecular flexibility index (Phi) is 5.08. The topological polar surface area (TPSA) is 73.7 Å². The number of carbonyl (C=O) groups excluding carboxylic acids is 2. The minimum atomic E-state index is -0.895. The molecule has 1 aromatic heterocycles. The SMILES string of the molecule is CC(C)(O)[C@H]1CCCN1C(=O)[C@@H]1CCCN(C(=O)c2ccncc2)C1. The minimum Gasteiger partial charge on any atom is -0.388 e. The second kappa shape index (κ2) is 7.12. The van der Waals surface area contributed by atoms with E-state index in [9.17, 15) is 14.7 Å². The average Bonchev–Trinajstić information content (AvgIpc) is 3.11. The molecule has 1 aromatic rings. The van der Waals surface area contributed by atoms with Crippen LogP contribution in [0.3, 0.4) is 0 Å². The second-order valence-electron chi connectivity index (χ2n) is 7.67. The first-order valence-corrected chi connectivity index (χ1v) is 9.10. The van der Waals surface area contributed by atoms with Crippen LogP contribution >= 0.6 is 0 Å². The van der Waals surface area contributed by atoms with Crippen LogP contribution in [0.4, 0.5) is 0 Å². The molecule has 25 heavy (non-hydrogen) atoms. The fourth-order valence-electron chi connectivity index (χ4n) is 4.04. The maximum atomic E-state index is 13.0. The van der Waals surface area contributed by atoms with Gasteiger partial charge in [-0.25, -0.2) is 0 Å². The van der Waals surface area contributed by atoms with Crippen molar-refractivity contribution in [3.63, 3.8) is 0 Å². The number of likely N-dealkylation sites (tertiary alicyclic amines) is 2. The first kappa shape index (κ1) is 17.9. The van der Waals surface area contributed by atoms with Gasteiger partial charge in [0.15, 0.2) is 0 Å². The monoisotopic (exact) mass is 345 g/mol. The molecule has 2 aliphatic heterocycles. The quantitative estimate of drug-likeness (QED) is 0.905. The number of nitrogens with zero attached hydrogens (tertiary/aromatic N) is 3. The Morgan fingerprint density at radius 3 is 2.52 bits per heavy atom. The molecule has 0 radical (unpaired) electrons. The first-order valence-electron chi connectivity index (χ1n) is 9.10. The zero-order chi connectivity index (χ0) is 18.0. The van der Waals surface area contributed by atoms with Gasteiger partial charge in [0, 0.05) is 37.6 Å². The van der Waals surface area contributed by atoms with Crippen molar-refractivity contribution >= 4 is 11.8 Å². The lowest BCUT2D eigenvalue weighted by Crippen LogP contribution is -2.52. The van der Waals surface area contributed by atoms with Gasteiger partial charge in [0.1, 0.15) is 0 Å². The third-order valence-corrected chi connectivity index (χ3v) is 5.34. The maximum absolute atomic E-state index is 13.0. The molecule has 0 saturated carbocycles. The van der Waals surface area contributed by atoms with Gasteiger partial charge in [-0.05, 0) is 51.7 Å². The van der Waals surface area contributed by atoms with Crippen molar-refractivity contribution in [3.8, 4) is 0 Å². The summed E-state index contributed by atoms with van der Waals surface area (Å²) < 4.78 is 0. The Balaban J connectivity index is 1.69. The van der Waals surface area contributed by atoms with E-state index >= 15 is 0 Å². The number of hydrogen-bond donors (Lipinski definition) is 1. The van der Waals surface area contributed by atoms with E-state index in [4.69, 9.17) is 0 Å². The van der Waals surface area contributed by atoms with E-state index in [1.165, 1.54) is 0 Å². The summed E-state index contributed by atoms with van der Waals surface area (Å²) in [6.07, 6.45) is 6.60. The molecular weight excluding hydrogens is 318 g/mol. The van der Waals surface area contributed by atoms with Crippen LogP contribution in [0, 0.1) is 5.92 Å². The van der Waals surface area contributed by atoms with E-state index in [1.54, 1.807) is 43.3 Å². The van der Waals surface area contributed by atoms with Crippen molar-refractivity contribution in [3.05, 3.63) is 30.1 Å². The van der Waals surface area contributed by atoms with Crippen LogP contribution in [0.15, 0.2) is 24.5 Å². The number of aromatic nitrogens is 1. The van der Waals surface area contributed by atoms with Gasteiger partial charge in [-0.1, -0.05) is 0 Å². The number of piperidine rings is 1. The highest BCUT2D eigenvalue weighted by molar-refractivity contribution is 5.94. The molecule has 0 bridgehead atoms. The van der Waals surface area contributed by atoms with Crippen LogP contribution in [0.1, 0.15) is 49.9 Å². The average molecular weight is 345 g/mol. The predicted molar refractivity (Wildman–Crippen MR) is 93.9 cm³/mol. The van der Waals surface area contributed by atoms with Crippen LogP contribution < -0.4 is 0 Å². The van der Waals surface area contributed by atoms with Gasteiger partial charge in [0.25, 0.3) is 5.91 Å². The molecule has 2 saturated heterocycles. The van der Waals surface area contributed by atoms with Crippen molar-refractivity contribution in [1.29, 1.82) is 0 Å². The van der Waals surface area contributed by atoms with Crippen LogP contribution in [-0.4, -0.2) is 63.0 Å². The predicted octanol–water partition coefficient (Wildman–Crippen LogP) is 1.70. The lowest BCUT2D eigenvalue weighted by Gasteiger charge is -2.38. The number of hydrogen-bond acceptors (Lipinski definition) is 4. The second-order valence-corrected chi connectivity index (χ2v) is 7.67. The highest BCUT2D eigenvalue weighted by Crippen LogP contribution is 2.30. The van der Waals surface area contributed by atoms with Gasteiger partial charge >= 0.3 is 0 Å². The minimum absolute atomic E-state index is 0.0413. The maximum Gasteiger partial charge on any atom is 0.253 e. The molecule has 2 atom stereocenters. The molecule has 6 nitrogen and oxygen atoms in total. The zero-order valence-corrected chi connectivity index (χ0v) is 15.0. The Hall–Kier alpha value is -1.95. The third-order valence-electron chi connectivity index (χ3n) is 5.34. The summed E-state index contributed by atoms with van der Waals surface area (Å²) in [5.74, 6) is -0.139. The van der Waals surface area contributed by atoms with Crippen molar-refractivity contribution in [2.45, 2.75) is 51.2 Å². The summed E-state index contributed by atoms with van der Waals surface area (Å²) in [6, 6.07) is 3.28. The van der Waals surface area contributed by atoms with Gasteiger partial charge in [0.05, 0.1) is 17.6 Å². The molecule has 0 aliphatic carbocycles. The molecule has 2 aliphatic rings. The summed E-state index contributed by atoms with van der Waals surface area (Å²) in [5.41, 5.74) is -0.286. The third kappa shape index (κ3) is 3.84. The van der Waals surface area contributed by atoms with E-state index in [1.807, 2.05) is 4.90 Å². The number of aliphatic hydroxyl groups is 1. The highest BCUT2D eigenvalue weighted by atomic mass is 16.3. The lowest BCUT2D eigenvalue weighted by atomic mass is 9.92. The number of amides is 2. The number of carbonyl (C=O) groups is 2. The molecule has 3 heterocycles. The van der Waals surface area contributed by atoms with E-state index in [0.29, 0.717) is 25.2 Å². The van der Waals surface area contributed by atoms with Crippen LogP contribution in [0.2, 0.25) is 0 Å². The largest absolute Gasteiger partial charge is 0.388 e. The number of pyridine rings is 1. The van der Waals surface area contributed by atoms with E-state index in [0.717, 1.165) is 25.7 Å². The summed E-state index contributed by atoms with van der Waals surface area (Å²) in [6.45, 7) is 5.37. The fraction of sp³-hybridized carbons (Fsp3) is 0.632. The van der Waals surface area contributed by atoms with Gasteiger partial charge in [-0.3, -0.25) is 14.6 Å². The Morgan fingerprint density at radius 2 is 1.84 bits per heavy atom. The van der Waals surface area contributed by atoms with Crippen molar-refractivity contribution in [2.75, 3.05) is 19.6 Å². The molecule has 3 rings (SSSR count). The molecule has 2 fully saturated rings. The summed E-state index contributed by atoms with van der Waals surface area (Å²) in [7, 11) is 0. The molecule has 0 unspecified atom stereocenters. The molecule has 136 valence electrons. The van der Waals surface area contributed by atoms with Gasteiger partial charge in [-0.2, -0.15) is 0 Å². The normalized spacial score (nSPS) is 24.4. The van der Waals surface area contributed by atoms with Crippen molar-refractivity contribution in [2.24, 2.45) is 5.92 Å². The van der Waals surface area contributed by atoms with Gasteiger partial charge in [-0.15, -0.1) is 0 Å². The van der Waals surface area contributed by atoms with Crippen LogP contribution in [0.25, 0.3) is 0 Å². The summed E-state index contributed by atoms with van der Waals surface area (Å²) in [5, 5.41) is 10.4. The summed E-state index contributed by atoms with van der Waals surface area (Å²) in [4.78, 5) is 33.2. The zero-order valence-electron chi connectivity index (χ0n) is 15.0. The van der Waals surface area contributed by atoms with Crippen molar-refractivity contribution < 1.29 is 14.7 Å². The lowest BCUT2D eigenvalue weighted by molar-refractivity contribution is -0.142. The molecule has 2 amide bonds. The molecule has 0 aromatic carbocycles. The van der Waals surface area contributed by atoms with Crippen molar-refractivity contribution in [1.82, 2.24) is 14.8 Å². The van der Waals surface area contributed by atoms with Gasteiger partial charge in [0.2, 0.25) is 5.91 Å². The molecule has 6 heteroatoms. The van der Waals surface area contributed by atoms with E-state index in [2.05, 4.69) is 4.98 Å². The Morgan fingerprint density at radius 1 is 1.16 bits per heavy atom. The molecule has 0 spiro atoms. The first-order chi connectivity index (χ1) is 11.9. The fourth-order valence-corrected chi connectivity index (χ4v) is 4.04. The Labute approximate surface area is 148 Å². The van der Waals surface area contributed by atoms with Crippen LogP contribution in [-0.2, 0) is 4.79 Å². The Bertz CT molecular complexity index is 627. The van der Waals surface area contributed by atoms with E-state index < -0.39 is 5.60 Å². The summed E-state index contributed by atoms with van der Waals surface area (Å²) >= 11 is 0. The standard InChI is InChI=1S/C19H27N3O3/c1-19(2,25)16-6-4-12-22(16)18(24)15-5-3-11-21(13-15)17(23)14-7-9-20-10-8-14/h7-10,15-16,25H,3-6,11-13H2,1-2H3/t15-,16-/m1/s1. The number of rotatable bonds is 3. The molecular formula is C19H27N3O3. The highest BCUT2D eigenvalue weighted by Gasteiger charge is 2.41. The van der Waals surface area contributed by atoms with E-state index in [-0.39, 0.29) is 23.8 Å². The van der Waals surface area contributed by atoms with Crippen LogP contribution in [0.5, 0.6) is 0 Å². The smallest absolute Gasteiger partial charge is 0.253 e. The molecule has 1 N–H and O–H groups in total. The van der Waals surface area contributed by atoms with Gasteiger partial charge < -0.3 is 14.9 Å².